The highest BCUT2D eigenvalue weighted by molar-refractivity contribution is 9.10. The number of aliphatic hydroxyl groups is 2. The summed E-state index contributed by atoms with van der Waals surface area (Å²) in [6.07, 6.45) is 0.475. The minimum Gasteiger partial charge on any atom is -0.389 e. The van der Waals surface area contributed by atoms with E-state index in [0.29, 0.717) is 19.6 Å². The molecular formula is C10H13BrN2O2. The third kappa shape index (κ3) is 2.55. The predicted octanol–water partition coefficient (Wildman–Crippen LogP) is 0.382. The van der Waals surface area contributed by atoms with Crippen molar-refractivity contribution in [2.45, 2.75) is 18.8 Å². The molecule has 2 heterocycles. The van der Waals surface area contributed by atoms with Crippen LogP contribution in [0.1, 0.15) is 5.69 Å². The number of aromatic nitrogens is 1. The molecule has 0 spiro atoms. The average molecular weight is 273 g/mol. The fourth-order valence-corrected chi connectivity index (χ4v) is 2.10. The van der Waals surface area contributed by atoms with Crippen LogP contribution in [0.3, 0.4) is 0 Å². The Balaban J connectivity index is 2.01. The molecule has 2 atom stereocenters. The van der Waals surface area contributed by atoms with E-state index >= 15 is 0 Å². The molecule has 1 aromatic heterocycles. The van der Waals surface area contributed by atoms with Crippen molar-refractivity contribution in [1.82, 2.24) is 9.88 Å². The number of nitrogens with zero attached hydrogens (tertiary/aromatic N) is 2. The Morgan fingerprint density at radius 1 is 1.40 bits per heavy atom. The Labute approximate surface area is 96.7 Å². The highest BCUT2D eigenvalue weighted by Gasteiger charge is 2.29. The number of β-amino-alcohol motifs (C(OH)–C–C–N with tert-alkyl or cyclic N) is 2. The van der Waals surface area contributed by atoms with E-state index in [1.807, 2.05) is 17.0 Å². The molecule has 2 unspecified atom stereocenters. The van der Waals surface area contributed by atoms with Crippen molar-refractivity contribution in [2.24, 2.45) is 0 Å². The molecule has 0 radical (unpaired) electrons. The van der Waals surface area contributed by atoms with E-state index in [4.69, 9.17) is 0 Å². The fraction of sp³-hybridized carbons (Fsp3) is 0.500. The largest absolute Gasteiger partial charge is 0.389 e. The number of pyridine rings is 1. The van der Waals surface area contributed by atoms with Crippen LogP contribution in [0.15, 0.2) is 22.8 Å². The van der Waals surface area contributed by atoms with Gasteiger partial charge in [-0.25, -0.2) is 0 Å². The van der Waals surface area contributed by atoms with Gasteiger partial charge < -0.3 is 10.2 Å². The molecule has 82 valence electrons. The van der Waals surface area contributed by atoms with Gasteiger partial charge in [0.05, 0.1) is 17.9 Å². The van der Waals surface area contributed by atoms with E-state index < -0.39 is 12.2 Å². The number of halogens is 1. The van der Waals surface area contributed by atoms with Crippen LogP contribution in [0.4, 0.5) is 0 Å². The van der Waals surface area contributed by atoms with Gasteiger partial charge in [-0.3, -0.25) is 9.88 Å². The van der Waals surface area contributed by atoms with E-state index in [1.54, 1.807) is 6.20 Å². The molecular weight excluding hydrogens is 260 g/mol. The normalized spacial score (nSPS) is 27.1. The molecule has 1 saturated heterocycles. The molecule has 4 nitrogen and oxygen atoms in total. The van der Waals surface area contributed by atoms with Gasteiger partial charge in [0, 0.05) is 30.3 Å². The molecule has 0 bridgehead atoms. The van der Waals surface area contributed by atoms with Gasteiger partial charge in [-0.2, -0.15) is 0 Å². The van der Waals surface area contributed by atoms with Crippen molar-refractivity contribution in [3.05, 3.63) is 28.5 Å². The zero-order valence-corrected chi connectivity index (χ0v) is 9.76. The number of rotatable bonds is 2. The Hall–Kier alpha value is -0.490. The summed E-state index contributed by atoms with van der Waals surface area (Å²) in [5, 5.41) is 18.8. The molecule has 1 aliphatic rings. The quantitative estimate of drug-likeness (QED) is 0.818. The summed E-state index contributed by atoms with van der Waals surface area (Å²) < 4.78 is 0.959. The SMILES string of the molecule is OC1CN(Cc2ncccc2Br)CC1O. The third-order valence-electron chi connectivity index (χ3n) is 2.54. The Morgan fingerprint density at radius 3 is 2.67 bits per heavy atom. The van der Waals surface area contributed by atoms with Crippen molar-refractivity contribution in [3.63, 3.8) is 0 Å². The van der Waals surface area contributed by atoms with Gasteiger partial charge in [0.25, 0.3) is 0 Å². The van der Waals surface area contributed by atoms with Crippen LogP contribution in [0.5, 0.6) is 0 Å². The van der Waals surface area contributed by atoms with E-state index in [-0.39, 0.29) is 0 Å². The summed E-state index contributed by atoms with van der Waals surface area (Å²) in [5.41, 5.74) is 0.929. The van der Waals surface area contributed by atoms with Gasteiger partial charge in [0.2, 0.25) is 0 Å². The van der Waals surface area contributed by atoms with E-state index in [0.717, 1.165) is 10.2 Å². The zero-order valence-electron chi connectivity index (χ0n) is 8.17. The van der Waals surface area contributed by atoms with Crippen LogP contribution in [0.2, 0.25) is 0 Å². The van der Waals surface area contributed by atoms with Crippen molar-refractivity contribution in [1.29, 1.82) is 0 Å². The monoisotopic (exact) mass is 272 g/mol. The standard InChI is InChI=1S/C10H13BrN2O2/c11-7-2-1-3-12-8(7)4-13-5-9(14)10(15)6-13/h1-3,9-10,14-15H,4-6H2. The molecule has 1 aliphatic heterocycles. The Morgan fingerprint density at radius 2 is 2.07 bits per heavy atom. The van der Waals surface area contributed by atoms with E-state index in [2.05, 4.69) is 20.9 Å². The molecule has 0 aromatic carbocycles. The Kier molecular flexibility index (Phi) is 3.35. The van der Waals surface area contributed by atoms with Crippen molar-refractivity contribution < 1.29 is 10.2 Å². The predicted molar refractivity (Wildman–Crippen MR) is 59.2 cm³/mol. The smallest absolute Gasteiger partial charge is 0.0938 e. The number of hydrogen-bond donors (Lipinski definition) is 2. The maximum atomic E-state index is 9.39. The second kappa shape index (κ2) is 4.57. The fourth-order valence-electron chi connectivity index (χ4n) is 1.72. The van der Waals surface area contributed by atoms with Gasteiger partial charge in [0.1, 0.15) is 0 Å². The average Bonchev–Trinajstić information content (AvgIpc) is 2.50. The molecule has 15 heavy (non-hydrogen) atoms. The summed E-state index contributed by atoms with van der Waals surface area (Å²) in [5.74, 6) is 0. The van der Waals surface area contributed by atoms with Crippen molar-refractivity contribution >= 4 is 15.9 Å². The Bertz CT molecular complexity index is 338. The second-order valence-electron chi connectivity index (χ2n) is 3.76. The van der Waals surface area contributed by atoms with Crippen molar-refractivity contribution in [2.75, 3.05) is 13.1 Å². The lowest BCUT2D eigenvalue weighted by Crippen LogP contribution is -2.22. The van der Waals surface area contributed by atoms with Crippen LogP contribution in [0, 0.1) is 0 Å². The zero-order chi connectivity index (χ0) is 10.8. The van der Waals surface area contributed by atoms with Gasteiger partial charge in [0.15, 0.2) is 0 Å². The lowest BCUT2D eigenvalue weighted by atomic mass is 10.3. The lowest BCUT2D eigenvalue weighted by Gasteiger charge is -2.14. The molecule has 2 rings (SSSR count). The maximum absolute atomic E-state index is 9.39. The first-order chi connectivity index (χ1) is 7.16. The molecule has 0 amide bonds. The molecule has 0 saturated carbocycles. The van der Waals surface area contributed by atoms with Gasteiger partial charge in [-0.05, 0) is 28.1 Å². The van der Waals surface area contributed by atoms with Crippen LogP contribution < -0.4 is 0 Å². The summed E-state index contributed by atoms with van der Waals surface area (Å²) >= 11 is 3.42. The number of aliphatic hydroxyl groups excluding tert-OH is 2. The first kappa shape index (κ1) is 11.0. The molecule has 1 fully saturated rings. The molecule has 5 heteroatoms. The van der Waals surface area contributed by atoms with Crippen LogP contribution in [-0.2, 0) is 6.54 Å². The van der Waals surface area contributed by atoms with Crippen LogP contribution in [0.25, 0.3) is 0 Å². The van der Waals surface area contributed by atoms with Crippen molar-refractivity contribution in [3.8, 4) is 0 Å². The molecule has 0 aliphatic carbocycles. The first-order valence-corrected chi connectivity index (χ1v) is 5.64. The maximum Gasteiger partial charge on any atom is 0.0938 e. The van der Waals surface area contributed by atoms with Crippen LogP contribution in [-0.4, -0.2) is 45.4 Å². The van der Waals surface area contributed by atoms with Crippen LogP contribution >= 0.6 is 15.9 Å². The summed E-state index contributed by atoms with van der Waals surface area (Å²) in [4.78, 5) is 6.23. The topological polar surface area (TPSA) is 56.6 Å². The first-order valence-electron chi connectivity index (χ1n) is 4.84. The summed E-state index contributed by atoms with van der Waals surface area (Å²) in [7, 11) is 0. The van der Waals surface area contributed by atoms with Gasteiger partial charge in [-0.15, -0.1) is 0 Å². The van der Waals surface area contributed by atoms with E-state index in [9.17, 15) is 10.2 Å². The summed E-state index contributed by atoms with van der Waals surface area (Å²) in [6, 6.07) is 3.80. The third-order valence-corrected chi connectivity index (χ3v) is 3.26. The van der Waals surface area contributed by atoms with Gasteiger partial charge in [-0.1, -0.05) is 0 Å². The minimum absolute atomic E-state index is 0.504. The molecule has 2 N–H and O–H groups in total. The summed E-state index contributed by atoms with van der Waals surface area (Å²) in [6.45, 7) is 1.66. The number of hydrogen-bond acceptors (Lipinski definition) is 4. The van der Waals surface area contributed by atoms with Gasteiger partial charge >= 0.3 is 0 Å². The second-order valence-corrected chi connectivity index (χ2v) is 4.62. The molecule has 1 aromatic rings. The highest BCUT2D eigenvalue weighted by atomic mass is 79.9. The van der Waals surface area contributed by atoms with E-state index in [1.165, 1.54) is 0 Å². The lowest BCUT2D eigenvalue weighted by molar-refractivity contribution is 0.0572. The number of likely N-dealkylation sites (tertiary alicyclic amines) is 1. The highest BCUT2D eigenvalue weighted by Crippen LogP contribution is 2.18. The minimum atomic E-state index is -0.632.